The third-order valence-electron chi connectivity index (χ3n) is 6.65. The number of methoxy groups -OCH3 is 1. The van der Waals surface area contributed by atoms with Crippen LogP contribution in [0.1, 0.15) is 62.8 Å². The Morgan fingerprint density at radius 3 is 2.19 bits per heavy atom. The highest BCUT2D eigenvalue weighted by molar-refractivity contribution is 8.18. The van der Waals surface area contributed by atoms with Crippen molar-refractivity contribution >= 4 is 29.0 Å². The molecule has 0 aromatic heterocycles. The van der Waals surface area contributed by atoms with Gasteiger partial charge in [0.05, 0.1) is 12.0 Å². The minimum absolute atomic E-state index is 0.129. The Kier molecular flexibility index (Phi) is 5.29. The van der Waals surface area contributed by atoms with E-state index in [9.17, 15) is 9.59 Å². The van der Waals surface area contributed by atoms with Crippen molar-refractivity contribution < 1.29 is 14.3 Å². The van der Waals surface area contributed by atoms with Crippen LogP contribution < -0.4 is 10.1 Å². The molecule has 4 rings (SSSR count). The van der Waals surface area contributed by atoms with E-state index in [0.29, 0.717) is 4.91 Å². The number of thioether (sulfide) groups is 1. The number of rotatable bonds is 3. The summed E-state index contributed by atoms with van der Waals surface area (Å²) in [5.74, 6) is 0.397. The highest BCUT2D eigenvalue weighted by Gasteiger charge is 2.37. The van der Waals surface area contributed by atoms with E-state index >= 15 is 0 Å². The maximum atomic E-state index is 11.9. The number of benzene rings is 2. The lowest BCUT2D eigenvalue weighted by atomic mass is 9.62. The maximum Gasteiger partial charge on any atom is 0.290 e. The Morgan fingerprint density at radius 1 is 0.968 bits per heavy atom. The van der Waals surface area contributed by atoms with Gasteiger partial charge in [0.15, 0.2) is 0 Å². The van der Waals surface area contributed by atoms with E-state index in [1.54, 1.807) is 13.2 Å². The van der Waals surface area contributed by atoms with Crippen LogP contribution in [0.2, 0.25) is 0 Å². The van der Waals surface area contributed by atoms with E-state index in [4.69, 9.17) is 4.74 Å². The quantitative estimate of drug-likeness (QED) is 0.571. The van der Waals surface area contributed by atoms with Crippen molar-refractivity contribution in [1.82, 2.24) is 5.32 Å². The van der Waals surface area contributed by atoms with Crippen LogP contribution in [0.25, 0.3) is 17.2 Å². The van der Waals surface area contributed by atoms with Crippen LogP contribution in [0.5, 0.6) is 5.75 Å². The zero-order valence-corrected chi connectivity index (χ0v) is 19.8. The van der Waals surface area contributed by atoms with Gasteiger partial charge in [-0.3, -0.25) is 14.9 Å². The number of hydrogen-bond acceptors (Lipinski definition) is 4. The Balaban J connectivity index is 1.81. The summed E-state index contributed by atoms with van der Waals surface area (Å²) in [6, 6.07) is 10.6. The van der Waals surface area contributed by atoms with Gasteiger partial charge in [0.2, 0.25) is 0 Å². The number of nitrogens with one attached hydrogen (secondary N) is 1. The third-order valence-corrected chi connectivity index (χ3v) is 7.46. The molecule has 0 bridgehead atoms. The summed E-state index contributed by atoms with van der Waals surface area (Å²) in [5, 5.41) is 1.95. The lowest BCUT2D eigenvalue weighted by Gasteiger charge is -2.42. The summed E-state index contributed by atoms with van der Waals surface area (Å²) >= 11 is 0.921. The molecule has 1 N–H and O–H groups in total. The van der Waals surface area contributed by atoms with Crippen LogP contribution in [0.3, 0.4) is 0 Å². The van der Waals surface area contributed by atoms with Gasteiger partial charge in [-0.05, 0) is 88.4 Å². The third kappa shape index (κ3) is 3.91. The molecule has 5 heteroatoms. The molecule has 1 aliphatic carbocycles. The van der Waals surface area contributed by atoms with Crippen molar-refractivity contribution in [3.8, 4) is 16.9 Å². The van der Waals surface area contributed by atoms with Crippen LogP contribution in [-0.4, -0.2) is 18.3 Å². The topological polar surface area (TPSA) is 55.4 Å². The predicted molar refractivity (Wildman–Crippen MR) is 128 cm³/mol. The standard InChI is InChI=1S/C26H29NO3S/c1-15-11-19-20(26(4,5)10-9-25(19,2)3)14-18(15)17-8-7-16(12-21(17)30-6)13-22-23(28)27-24(29)31-22/h7-8,11-14H,9-10H2,1-6H3,(H,27,28,29)/b22-13+. The smallest absolute Gasteiger partial charge is 0.290 e. The molecular formula is C26H29NO3S. The second-order valence-corrected chi connectivity index (χ2v) is 10.8. The lowest BCUT2D eigenvalue weighted by Crippen LogP contribution is -2.34. The Bertz CT molecular complexity index is 1130. The largest absolute Gasteiger partial charge is 0.496 e. The van der Waals surface area contributed by atoms with Gasteiger partial charge in [0.25, 0.3) is 11.1 Å². The fraction of sp³-hybridized carbons (Fsp3) is 0.385. The number of aryl methyl sites for hydroxylation is 1. The molecule has 1 fully saturated rings. The van der Waals surface area contributed by atoms with E-state index in [1.165, 1.54) is 28.7 Å². The van der Waals surface area contributed by atoms with Crippen LogP contribution in [0, 0.1) is 6.92 Å². The highest BCUT2D eigenvalue weighted by atomic mass is 32.2. The van der Waals surface area contributed by atoms with Gasteiger partial charge in [0, 0.05) is 5.56 Å². The SMILES string of the molecule is COc1cc(/C=C2/SC(=O)NC2=O)ccc1-c1cc2c(cc1C)C(C)(C)CCC2(C)C. The van der Waals surface area contributed by atoms with Crippen molar-refractivity contribution in [3.63, 3.8) is 0 Å². The van der Waals surface area contributed by atoms with Crippen LogP contribution in [0.4, 0.5) is 4.79 Å². The summed E-state index contributed by atoms with van der Waals surface area (Å²) in [6.45, 7) is 11.5. The fourth-order valence-electron chi connectivity index (χ4n) is 4.60. The van der Waals surface area contributed by atoms with E-state index in [-0.39, 0.29) is 22.0 Å². The molecule has 2 aliphatic rings. The zero-order valence-electron chi connectivity index (χ0n) is 19.0. The monoisotopic (exact) mass is 435 g/mol. The number of imide groups is 1. The van der Waals surface area contributed by atoms with Gasteiger partial charge in [-0.25, -0.2) is 0 Å². The molecule has 1 aliphatic heterocycles. The molecule has 2 aromatic carbocycles. The first-order chi connectivity index (χ1) is 14.5. The van der Waals surface area contributed by atoms with Crippen molar-refractivity contribution in [2.75, 3.05) is 7.11 Å². The molecule has 0 radical (unpaired) electrons. The number of carbonyl (C=O) groups excluding carboxylic acids is 2. The van der Waals surface area contributed by atoms with Gasteiger partial charge in [-0.15, -0.1) is 0 Å². The average molecular weight is 436 g/mol. The Labute approximate surface area is 188 Å². The van der Waals surface area contributed by atoms with Crippen molar-refractivity contribution in [2.45, 2.75) is 58.3 Å². The molecule has 4 nitrogen and oxygen atoms in total. The second-order valence-electron chi connectivity index (χ2n) is 9.79. The second kappa shape index (κ2) is 7.56. The number of ether oxygens (including phenoxy) is 1. The fourth-order valence-corrected chi connectivity index (χ4v) is 5.29. The van der Waals surface area contributed by atoms with Gasteiger partial charge < -0.3 is 4.74 Å². The lowest BCUT2D eigenvalue weighted by molar-refractivity contribution is -0.115. The average Bonchev–Trinajstić information content (AvgIpc) is 3.02. The van der Waals surface area contributed by atoms with Crippen molar-refractivity contribution in [3.05, 3.63) is 57.5 Å². The van der Waals surface area contributed by atoms with Gasteiger partial charge >= 0.3 is 0 Å². The number of fused-ring (bicyclic) bond motifs is 1. The number of amides is 2. The van der Waals surface area contributed by atoms with Crippen LogP contribution in [0.15, 0.2) is 35.2 Å². The zero-order chi connectivity index (χ0) is 22.6. The molecule has 0 spiro atoms. The summed E-state index contributed by atoms with van der Waals surface area (Å²) in [7, 11) is 1.66. The summed E-state index contributed by atoms with van der Waals surface area (Å²) in [4.78, 5) is 23.7. The van der Waals surface area contributed by atoms with Gasteiger partial charge in [-0.1, -0.05) is 45.9 Å². The minimum Gasteiger partial charge on any atom is -0.496 e. The number of carbonyl (C=O) groups is 2. The molecular weight excluding hydrogens is 406 g/mol. The first kappa shape index (κ1) is 21.7. The molecule has 162 valence electrons. The number of hydrogen-bond donors (Lipinski definition) is 1. The molecule has 2 amide bonds. The Morgan fingerprint density at radius 2 is 1.61 bits per heavy atom. The van der Waals surface area contributed by atoms with E-state index < -0.39 is 0 Å². The first-order valence-corrected chi connectivity index (χ1v) is 11.4. The Hall–Kier alpha value is -2.53. The van der Waals surface area contributed by atoms with Crippen molar-refractivity contribution in [2.24, 2.45) is 0 Å². The van der Waals surface area contributed by atoms with E-state index in [2.05, 4.69) is 52.1 Å². The molecule has 0 saturated carbocycles. The van der Waals surface area contributed by atoms with Crippen LogP contribution >= 0.6 is 11.8 Å². The summed E-state index contributed by atoms with van der Waals surface area (Å²) < 4.78 is 5.74. The molecule has 0 atom stereocenters. The molecule has 0 unspecified atom stereocenters. The molecule has 1 heterocycles. The minimum atomic E-state index is -0.353. The molecule has 2 aromatic rings. The molecule has 1 saturated heterocycles. The summed E-state index contributed by atoms with van der Waals surface area (Å²) in [6.07, 6.45) is 4.08. The van der Waals surface area contributed by atoms with Gasteiger partial charge in [-0.2, -0.15) is 0 Å². The normalized spacial score (nSPS) is 20.5. The predicted octanol–water partition coefficient (Wildman–Crippen LogP) is 6.34. The highest BCUT2D eigenvalue weighted by Crippen LogP contribution is 2.48. The van der Waals surface area contributed by atoms with Gasteiger partial charge in [0.1, 0.15) is 5.75 Å². The molecule has 31 heavy (non-hydrogen) atoms. The van der Waals surface area contributed by atoms with E-state index in [1.807, 2.05) is 18.2 Å². The van der Waals surface area contributed by atoms with E-state index in [0.717, 1.165) is 35.1 Å². The first-order valence-electron chi connectivity index (χ1n) is 10.6. The summed E-state index contributed by atoms with van der Waals surface area (Å²) in [5.41, 5.74) is 7.41. The maximum absolute atomic E-state index is 11.9. The van der Waals surface area contributed by atoms with Crippen LogP contribution in [-0.2, 0) is 15.6 Å². The van der Waals surface area contributed by atoms with Crippen molar-refractivity contribution in [1.29, 1.82) is 0 Å².